The van der Waals surface area contributed by atoms with Crippen LogP contribution < -0.4 is 5.32 Å². The Morgan fingerprint density at radius 3 is 2.44 bits per heavy atom. The molecule has 5 rings (SSSR count). The van der Waals surface area contributed by atoms with Gasteiger partial charge in [-0.2, -0.15) is 0 Å². The van der Waals surface area contributed by atoms with E-state index in [1.807, 2.05) is 11.9 Å². The monoisotopic (exact) mass is 376 g/mol. The molecule has 3 aliphatic heterocycles. The lowest BCUT2D eigenvalue weighted by molar-refractivity contribution is -0.171. The summed E-state index contributed by atoms with van der Waals surface area (Å²) in [4.78, 5) is 21.4. The van der Waals surface area contributed by atoms with Crippen molar-refractivity contribution >= 4 is 11.9 Å². The second-order valence-electron chi connectivity index (χ2n) is 8.81. The summed E-state index contributed by atoms with van der Waals surface area (Å²) >= 11 is 0. The molecule has 0 aromatic carbocycles. The predicted octanol–water partition coefficient (Wildman–Crippen LogP) is 0.843. The third-order valence-corrected chi connectivity index (χ3v) is 7.63. The summed E-state index contributed by atoms with van der Waals surface area (Å²) in [5, 5.41) is 3.80. The minimum atomic E-state index is -0.207. The molecule has 2 aliphatic carbocycles. The third-order valence-electron chi connectivity index (χ3n) is 7.63. The number of amides is 1. The van der Waals surface area contributed by atoms with Crippen molar-refractivity contribution in [3.05, 3.63) is 0 Å². The van der Waals surface area contributed by atoms with E-state index in [1.165, 1.54) is 25.7 Å². The number of aliphatic imine (C=N–C) groups is 1. The zero-order valence-corrected chi connectivity index (χ0v) is 16.4. The molecule has 27 heavy (non-hydrogen) atoms. The molecule has 150 valence electrons. The normalized spacial score (nSPS) is 37.7. The Kier molecular flexibility index (Phi) is 4.55. The predicted molar refractivity (Wildman–Crippen MR) is 102 cm³/mol. The molecule has 1 amide bonds. The molecule has 0 bridgehead atoms. The molecular weight excluding hydrogens is 344 g/mol. The molecule has 1 N–H and O–H groups in total. The van der Waals surface area contributed by atoms with Gasteiger partial charge in [-0.1, -0.05) is 6.42 Å². The minimum Gasteiger partial charge on any atom is -0.377 e. The lowest BCUT2D eigenvalue weighted by Crippen LogP contribution is -2.73. The summed E-state index contributed by atoms with van der Waals surface area (Å²) in [6.07, 6.45) is 7.21. The van der Waals surface area contributed by atoms with Crippen molar-refractivity contribution < 1.29 is 14.3 Å². The van der Waals surface area contributed by atoms with Gasteiger partial charge in [-0.05, 0) is 32.1 Å². The zero-order chi connectivity index (χ0) is 18.4. The summed E-state index contributed by atoms with van der Waals surface area (Å²) in [7, 11) is 1.88. The minimum absolute atomic E-state index is 0.174. The van der Waals surface area contributed by atoms with Crippen molar-refractivity contribution in [1.29, 1.82) is 0 Å². The summed E-state index contributed by atoms with van der Waals surface area (Å²) in [6.45, 7) is 4.82. The quantitative estimate of drug-likeness (QED) is 0.572. The summed E-state index contributed by atoms with van der Waals surface area (Å²) < 4.78 is 11.6. The molecule has 3 heterocycles. The maximum Gasteiger partial charge on any atom is 0.251 e. The van der Waals surface area contributed by atoms with Gasteiger partial charge in [-0.25, -0.2) is 0 Å². The fourth-order valence-corrected chi connectivity index (χ4v) is 6.01. The van der Waals surface area contributed by atoms with E-state index >= 15 is 0 Å². The maximum atomic E-state index is 12.6. The highest BCUT2D eigenvalue weighted by atomic mass is 16.5. The van der Waals surface area contributed by atoms with E-state index in [-0.39, 0.29) is 12.0 Å². The van der Waals surface area contributed by atoms with Crippen molar-refractivity contribution in [3.8, 4) is 0 Å². The molecule has 4 atom stereocenters. The molecular formula is C20H32N4O3. The molecule has 4 unspecified atom stereocenters. The second-order valence-corrected chi connectivity index (χ2v) is 8.81. The molecule has 7 nitrogen and oxygen atoms in total. The van der Waals surface area contributed by atoms with E-state index in [0.717, 1.165) is 58.2 Å². The number of hydrogen-bond acceptors (Lipinski definition) is 4. The smallest absolute Gasteiger partial charge is 0.251 e. The van der Waals surface area contributed by atoms with Crippen LogP contribution in [0.15, 0.2) is 4.99 Å². The number of piperazine rings is 1. The lowest BCUT2D eigenvalue weighted by Gasteiger charge is -2.63. The molecule has 2 saturated carbocycles. The molecule has 5 aliphatic rings. The first-order valence-electron chi connectivity index (χ1n) is 10.7. The Morgan fingerprint density at radius 1 is 1.04 bits per heavy atom. The number of guanidine groups is 1. The van der Waals surface area contributed by atoms with Gasteiger partial charge in [0.1, 0.15) is 6.10 Å². The number of hydrogen-bond donors (Lipinski definition) is 1. The van der Waals surface area contributed by atoms with Crippen molar-refractivity contribution in [3.63, 3.8) is 0 Å². The van der Waals surface area contributed by atoms with Crippen LogP contribution in [0.2, 0.25) is 0 Å². The molecule has 0 aromatic rings. The second kappa shape index (κ2) is 6.92. The number of carbonyl (C=O) groups is 1. The van der Waals surface area contributed by atoms with Crippen LogP contribution in [0, 0.1) is 11.3 Å². The molecule has 0 aromatic heterocycles. The SMILES string of the molecule is CN=C(NC1C2CCOC2C12CCC2)N1CCN(C(=O)C2CCCO2)CC1. The van der Waals surface area contributed by atoms with E-state index in [0.29, 0.717) is 23.5 Å². The van der Waals surface area contributed by atoms with E-state index < -0.39 is 0 Å². The van der Waals surface area contributed by atoms with Gasteiger partial charge in [0, 0.05) is 63.8 Å². The largest absolute Gasteiger partial charge is 0.377 e. The summed E-state index contributed by atoms with van der Waals surface area (Å²) in [5.74, 6) is 1.82. The van der Waals surface area contributed by atoms with Crippen LogP contribution >= 0.6 is 0 Å². The Hall–Kier alpha value is -1.34. The van der Waals surface area contributed by atoms with E-state index in [4.69, 9.17) is 9.47 Å². The standard InChI is InChI=1S/C20H32N4O3/c1-21-19(22-16-14-5-13-27-17(14)20(16)6-3-7-20)24-10-8-23(9-11-24)18(25)15-4-2-12-26-15/h14-17H,2-13H2,1H3,(H,21,22). The zero-order valence-electron chi connectivity index (χ0n) is 16.4. The highest BCUT2D eigenvalue weighted by Gasteiger charge is 2.66. The maximum absolute atomic E-state index is 12.6. The molecule has 5 fully saturated rings. The average Bonchev–Trinajstić information content (AvgIpc) is 3.32. The van der Waals surface area contributed by atoms with Crippen LogP contribution in [0.4, 0.5) is 0 Å². The average molecular weight is 377 g/mol. The van der Waals surface area contributed by atoms with Crippen molar-refractivity contribution in [1.82, 2.24) is 15.1 Å². The van der Waals surface area contributed by atoms with Crippen molar-refractivity contribution in [2.45, 2.75) is 56.8 Å². The molecule has 0 radical (unpaired) electrons. The first-order valence-corrected chi connectivity index (χ1v) is 10.7. The fraction of sp³-hybridized carbons (Fsp3) is 0.900. The van der Waals surface area contributed by atoms with Crippen LogP contribution in [0.5, 0.6) is 0 Å². The Balaban J connectivity index is 1.18. The van der Waals surface area contributed by atoms with E-state index in [2.05, 4.69) is 15.2 Å². The summed E-state index contributed by atoms with van der Waals surface area (Å²) in [5.41, 5.74) is 0.356. The number of ether oxygens (including phenoxy) is 2. The number of carbonyl (C=O) groups excluding carboxylic acids is 1. The number of rotatable bonds is 2. The van der Waals surface area contributed by atoms with Gasteiger partial charge in [0.15, 0.2) is 5.96 Å². The van der Waals surface area contributed by atoms with Crippen LogP contribution in [-0.4, -0.2) is 86.4 Å². The van der Waals surface area contributed by atoms with Crippen molar-refractivity contribution in [2.24, 2.45) is 16.3 Å². The fourth-order valence-electron chi connectivity index (χ4n) is 6.01. The summed E-state index contributed by atoms with van der Waals surface area (Å²) in [6, 6.07) is 0.504. The van der Waals surface area contributed by atoms with Gasteiger partial charge in [0.25, 0.3) is 5.91 Å². The van der Waals surface area contributed by atoms with Crippen LogP contribution in [0.25, 0.3) is 0 Å². The first-order chi connectivity index (χ1) is 13.2. The van der Waals surface area contributed by atoms with Gasteiger partial charge >= 0.3 is 0 Å². The van der Waals surface area contributed by atoms with E-state index in [1.54, 1.807) is 0 Å². The lowest BCUT2D eigenvalue weighted by atomic mass is 9.46. The van der Waals surface area contributed by atoms with Crippen LogP contribution in [0.1, 0.15) is 38.5 Å². The highest BCUT2D eigenvalue weighted by molar-refractivity contribution is 5.83. The third kappa shape index (κ3) is 2.77. The van der Waals surface area contributed by atoms with Crippen molar-refractivity contribution in [2.75, 3.05) is 46.4 Å². The Labute approximate surface area is 161 Å². The van der Waals surface area contributed by atoms with Gasteiger partial charge in [0.2, 0.25) is 0 Å². The van der Waals surface area contributed by atoms with Gasteiger partial charge in [-0.15, -0.1) is 0 Å². The number of nitrogens with one attached hydrogen (secondary N) is 1. The van der Waals surface area contributed by atoms with Gasteiger partial charge in [-0.3, -0.25) is 9.79 Å². The first kappa shape index (κ1) is 17.7. The van der Waals surface area contributed by atoms with E-state index in [9.17, 15) is 4.79 Å². The Morgan fingerprint density at radius 2 is 1.81 bits per heavy atom. The number of fused-ring (bicyclic) bond motifs is 2. The van der Waals surface area contributed by atoms with Gasteiger partial charge in [0.05, 0.1) is 6.10 Å². The number of nitrogens with zero attached hydrogens (tertiary/aromatic N) is 3. The van der Waals surface area contributed by atoms with Crippen LogP contribution in [-0.2, 0) is 14.3 Å². The highest BCUT2D eigenvalue weighted by Crippen LogP contribution is 2.62. The van der Waals surface area contributed by atoms with Crippen LogP contribution in [0.3, 0.4) is 0 Å². The molecule has 3 saturated heterocycles. The van der Waals surface area contributed by atoms with Gasteiger partial charge < -0.3 is 24.6 Å². The molecule has 7 heteroatoms. The topological polar surface area (TPSA) is 66.4 Å². The molecule has 1 spiro atoms. The Bertz CT molecular complexity index is 606.